The number of hydrogen-bond acceptors (Lipinski definition) is 3. The molecule has 0 aliphatic carbocycles. The lowest BCUT2D eigenvalue weighted by Crippen LogP contribution is -2.29. The molecule has 33 heavy (non-hydrogen) atoms. The van der Waals surface area contributed by atoms with Gasteiger partial charge in [0.05, 0.1) is 5.92 Å². The number of amides is 3. The molecule has 3 amide bonds. The average molecular weight is 445 g/mol. The Bertz CT molecular complexity index is 1190. The molecule has 3 aromatic rings. The van der Waals surface area contributed by atoms with Gasteiger partial charge in [0.1, 0.15) is 0 Å². The van der Waals surface area contributed by atoms with Crippen LogP contribution in [0.3, 0.4) is 0 Å². The lowest BCUT2D eigenvalue weighted by molar-refractivity contribution is -0.122. The van der Waals surface area contributed by atoms with Gasteiger partial charge in [-0.1, -0.05) is 31.2 Å². The first-order valence-electron chi connectivity index (χ1n) is 11.1. The number of aryl methyl sites for hydroxylation is 3. The minimum absolute atomic E-state index is 0.0540. The number of hydrogen-bond donors (Lipinski definition) is 2. The number of benzene rings is 2. The Morgan fingerprint density at radius 2 is 1.73 bits per heavy atom. The van der Waals surface area contributed by atoms with E-state index in [4.69, 9.17) is 0 Å². The average Bonchev–Trinajstić information content (AvgIpc) is 3.36. The molecule has 0 bridgehead atoms. The minimum atomic E-state index is -0.454. The number of rotatable bonds is 6. The minimum Gasteiger partial charge on any atom is -0.326 e. The lowest BCUT2D eigenvalue weighted by Gasteiger charge is -2.20. The molecule has 1 aliphatic rings. The number of nitrogens with one attached hydrogen (secondary N) is 2. The predicted octanol–water partition coefficient (Wildman–Crippen LogP) is 4.04. The van der Waals surface area contributed by atoms with Crippen LogP contribution in [0.4, 0.5) is 11.4 Å². The van der Waals surface area contributed by atoms with E-state index in [-0.39, 0.29) is 24.1 Å². The molecule has 2 N–H and O–H groups in total. The second kappa shape index (κ2) is 9.32. The highest BCUT2D eigenvalue weighted by molar-refractivity contribution is 6.05. The Balaban J connectivity index is 1.44. The molecule has 1 aromatic heterocycles. The van der Waals surface area contributed by atoms with Gasteiger partial charge >= 0.3 is 0 Å². The van der Waals surface area contributed by atoms with Crippen LogP contribution in [0.2, 0.25) is 0 Å². The Morgan fingerprint density at radius 1 is 1.00 bits per heavy atom. The van der Waals surface area contributed by atoms with Crippen molar-refractivity contribution in [3.8, 4) is 0 Å². The van der Waals surface area contributed by atoms with Crippen molar-refractivity contribution < 1.29 is 14.4 Å². The fourth-order valence-corrected chi connectivity index (χ4v) is 4.18. The smallest absolute Gasteiger partial charge is 0.270 e. The topological polar surface area (TPSA) is 83.4 Å². The van der Waals surface area contributed by atoms with Gasteiger partial charge in [-0.05, 0) is 62.2 Å². The first-order valence-corrected chi connectivity index (χ1v) is 11.1. The highest BCUT2D eigenvalue weighted by Gasteiger charge is 2.35. The van der Waals surface area contributed by atoms with E-state index in [0.717, 1.165) is 29.1 Å². The molecule has 7 nitrogen and oxygen atoms in total. The van der Waals surface area contributed by atoms with Gasteiger partial charge in [0.25, 0.3) is 5.91 Å². The van der Waals surface area contributed by atoms with Crippen LogP contribution in [0.1, 0.15) is 40.7 Å². The van der Waals surface area contributed by atoms with Crippen molar-refractivity contribution in [3.05, 3.63) is 83.2 Å². The first-order chi connectivity index (χ1) is 15.9. The molecular formula is C26H28N4O3. The Kier molecular flexibility index (Phi) is 6.31. The molecule has 0 saturated carbocycles. The van der Waals surface area contributed by atoms with Crippen LogP contribution in [-0.2, 0) is 16.0 Å². The number of anilines is 2. The maximum atomic E-state index is 12.9. The highest BCUT2D eigenvalue weighted by Crippen LogP contribution is 2.29. The first kappa shape index (κ1) is 22.3. The highest BCUT2D eigenvalue weighted by atomic mass is 16.2. The Hall–Kier alpha value is -3.87. The van der Waals surface area contributed by atoms with Gasteiger partial charge in [0.15, 0.2) is 0 Å². The molecule has 4 rings (SSSR count). The van der Waals surface area contributed by atoms with Crippen molar-refractivity contribution in [2.24, 2.45) is 5.92 Å². The summed E-state index contributed by atoms with van der Waals surface area (Å²) in [6, 6.07) is 18.4. The summed E-state index contributed by atoms with van der Waals surface area (Å²) in [5.41, 5.74) is 7.61. The van der Waals surface area contributed by atoms with E-state index in [2.05, 4.69) is 10.7 Å². The third kappa shape index (κ3) is 4.67. The maximum absolute atomic E-state index is 12.9. The van der Waals surface area contributed by atoms with Crippen molar-refractivity contribution in [2.45, 2.75) is 33.6 Å². The summed E-state index contributed by atoms with van der Waals surface area (Å²) in [5.74, 6) is -1.01. The van der Waals surface area contributed by atoms with Crippen molar-refractivity contribution in [1.82, 2.24) is 4.68 Å². The molecule has 1 saturated heterocycles. The molecule has 2 aromatic carbocycles. The zero-order valence-corrected chi connectivity index (χ0v) is 19.1. The molecule has 170 valence electrons. The molecular weight excluding hydrogens is 416 g/mol. The van der Waals surface area contributed by atoms with Crippen LogP contribution in [0.15, 0.2) is 60.7 Å². The Morgan fingerprint density at radius 3 is 2.45 bits per heavy atom. The zero-order valence-electron chi connectivity index (χ0n) is 19.1. The fourth-order valence-electron chi connectivity index (χ4n) is 4.18. The third-order valence-electron chi connectivity index (χ3n) is 6.04. The van der Waals surface area contributed by atoms with Crippen LogP contribution in [0.5, 0.6) is 0 Å². The second-order valence-electron chi connectivity index (χ2n) is 8.35. The molecule has 0 radical (unpaired) electrons. The summed E-state index contributed by atoms with van der Waals surface area (Å²) in [5, 5.41) is 2.88. The Labute approximate surface area is 193 Å². The largest absolute Gasteiger partial charge is 0.326 e. The van der Waals surface area contributed by atoms with E-state index in [1.165, 1.54) is 0 Å². The van der Waals surface area contributed by atoms with Crippen LogP contribution in [0.25, 0.3) is 0 Å². The predicted molar refractivity (Wildman–Crippen MR) is 129 cm³/mol. The molecule has 0 spiro atoms. The molecule has 1 fully saturated rings. The third-order valence-corrected chi connectivity index (χ3v) is 6.04. The summed E-state index contributed by atoms with van der Waals surface area (Å²) >= 11 is 0. The normalized spacial score (nSPS) is 15.5. The number of carbonyl (C=O) groups is 3. The molecule has 7 heteroatoms. The SMILES string of the molecule is CCc1ccccc1N1C[C@H](C(=O)Nc2cccc(C(=O)Nn3c(C)ccc3C)c2)CC1=O. The summed E-state index contributed by atoms with van der Waals surface area (Å²) in [6.45, 7) is 6.21. The summed E-state index contributed by atoms with van der Waals surface area (Å²) in [4.78, 5) is 40.0. The number of carbonyl (C=O) groups excluding carboxylic acids is 3. The molecule has 2 heterocycles. The van der Waals surface area contributed by atoms with Crippen molar-refractivity contribution in [2.75, 3.05) is 22.2 Å². The molecule has 1 atom stereocenters. The van der Waals surface area contributed by atoms with Crippen LogP contribution < -0.4 is 15.6 Å². The van der Waals surface area contributed by atoms with E-state index in [1.807, 2.05) is 57.2 Å². The van der Waals surface area contributed by atoms with E-state index in [1.54, 1.807) is 33.8 Å². The van der Waals surface area contributed by atoms with Crippen LogP contribution in [0, 0.1) is 19.8 Å². The zero-order chi connectivity index (χ0) is 23.5. The summed E-state index contributed by atoms with van der Waals surface area (Å²) in [6.07, 6.45) is 0.976. The van der Waals surface area contributed by atoms with Crippen LogP contribution >= 0.6 is 0 Å². The standard InChI is InChI=1S/C26H28N4O3/c1-4-19-8-5-6-11-23(19)29-16-21(15-24(29)31)25(32)27-22-10-7-9-20(14-22)26(33)28-30-17(2)12-13-18(30)3/h5-14,21H,4,15-16H2,1-3H3,(H,27,32)(H,28,33)/t21-/m1/s1. The monoisotopic (exact) mass is 444 g/mol. The molecule has 1 aliphatic heterocycles. The quantitative estimate of drug-likeness (QED) is 0.602. The van der Waals surface area contributed by atoms with Gasteiger partial charge in [-0.15, -0.1) is 0 Å². The summed E-state index contributed by atoms with van der Waals surface area (Å²) < 4.78 is 1.72. The second-order valence-corrected chi connectivity index (χ2v) is 8.35. The van der Waals surface area contributed by atoms with Gasteiger partial charge in [-0.2, -0.15) is 0 Å². The van der Waals surface area contributed by atoms with Crippen LogP contribution in [-0.4, -0.2) is 28.9 Å². The van der Waals surface area contributed by atoms with Crippen molar-refractivity contribution in [3.63, 3.8) is 0 Å². The van der Waals surface area contributed by atoms with Crippen molar-refractivity contribution >= 4 is 29.1 Å². The number of para-hydroxylation sites is 1. The fraction of sp³-hybridized carbons (Fsp3) is 0.269. The summed E-state index contributed by atoms with van der Waals surface area (Å²) in [7, 11) is 0. The van der Waals surface area contributed by atoms with Gasteiger partial charge in [0.2, 0.25) is 11.8 Å². The van der Waals surface area contributed by atoms with Gasteiger partial charge < -0.3 is 10.2 Å². The van der Waals surface area contributed by atoms with Gasteiger partial charge in [-0.3, -0.25) is 24.5 Å². The maximum Gasteiger partial charge on any atom is 0.270 e. The van der Waals surface area contributed by atoms with Gasteiger partial charge in [-0.25, -0.2) is 0 Å². The lowest BCUT2D eigenvalue weighted by atomic mass is 10.1. The number of aromatic nitrogens is 1. The van der Waals surface area contributed by atoms with E-state index < -0.39 is 5.92 Å². The van der Waals surface area contributed by atoms with Gasteiger partial charge in [0, 0.05) is 41.3 Å². The van der Waals surface area contributed by atoms with E-state index in [0.29, 0.717) is 17.8 Å². The van der Waals surface area contributed by atoms with Crippen molar-refractivity contribution in [1.29, 1.82) is 0 Å². The number of nitrogens with zero attached hydrogens (tertiary/aromatic N) is 2. The van der Waals surface area contributed by atoms with E-state index in [9.17, 15) is 14.4 Å². The molecule has 0 unspecified atom stereocenters. The van der Waals surface area contributed by atoms with E-state index >= 15 is 0 Å².